The number of hydrogen-bond donors (Lipinski definition) is 2. The number of aliphatic hydroxyl groups is 1. The Bertz CT molecular complexity index is 215. The van der Waals surface area contributed by atoms with Gasteiger partial charge < -0.3 is 9.84 Å². The molecule has 2 N–H and O–H groups in total. The van der Waals surface area contributed by atoms with E-state index in [1.54, 1.807) is 11.8 Å². The quantitative estimate of drug-likeness (QED) is 0.644. The molecule has 0 saturated carbocycles. The van der Waals surface area contributed by atoms with E-state index in [1.165, 1.54) is 0 Å². The van der Waals surface area contributed by atoms with Gasteiger partial charge in [-0.3, -0.25) is 15.0 Å². The van der Waals surface area contributed by atoms with Crippen LogP contribution in [-0.2, 0) is 9.53 Å². The maximum atomic E-state index is 11.4. The van der Waals surface area contributed by atoms with Crippen LogP contribution in [0.1, 0.15) is 20.3 Å². The fourth-order valence-electron chi connectivity index (χ4n) is 1.25. The van der Waals surface area contributed by atoms with Crippen molar-refractivity contribution < 1.29 is 19.4 Å². The van der Waals surface area contributed by atoms with Crippen LogP contribution < -0.4 is 5.32 Å². The van der Waals surface area contributed by atoms with Crippen LogP contribution in [0.15, 0.2) is 0 Å². The molecule has 94 valence electrons. The third-order valence-corrected chi connectivity index (χ3v) is 1.84. The van der Waals surface area contributed by atoms with Gasteiger partial charge in [-0.15, -0.1) is 0 Å². The summed E-state index contributed by atoms with van der Waals surface area (Å²) < 4.78 is 4.58. The summed E-state index contributed by atoms with van der Waals surface area (Å²) in [6.45, 7) is 5.09. The number of carbonyl (C=O) groups excluding carboxylic acids is 2. The van der Waals surface area contributed by atoms with Gasteiger partial charge in [0.1, 0.15) is 0 Å². The molecule has 0 aromatic carbocycles. The monoisotopic (exact) mass is 232 g/mol. The Balaban J connectivity index is 3.93. The van der Waals surface area contributed by atoms with Crippen LogP contribution in [0, 0.1) is 0 Å². The number of amides is 2. The summed E-state index contributed by atoms with van der Waals surface area (Å²) in [5.41, 5.74) is 0. The Hall–Kier alpha value is -1.14. The second kappa shape index (κ2) is 9.11. The molecule has 0 unspecified atom stereocenters. The van der Waals surface area contributed by atoms with Crippen LogP contribution in [0.25, 0.3) is 0 Å². The van der Waals surface area contributed by atoms with Crippen molar-refractivity contribution in [1.82, 2.24) is 10.2 Å². The molecule has 0 spiro atoms. The van der Waals surface area contributed by atoms with Crippen LogP contribution in [-0.4, -0.2) is 54.9 Å². The Morgan fingerprint density at radius 3 is 2.50 bits per heavy atom. The van der Waals surface area contributed by atoms with Gasteiger partial charge in [-0.2, -0.15) is 0 Å². The third kappa shape index (κ3) is 7.19. The van der Waals surface area contributed by atoms with Gasteiger partial charge in [0.15, 0.2) is 0 Å². The largest absolute Gasteiger partial charge is 0.450 e. The summed E-state index contributed by atoms with van der Waals surface area (Å²) in [5, 5.41) is 10.9. The molecule has 0 heterocycles. The standard InChI is InChI=1S/C10H20N2O4/c1-3-5-12(6-7-13)8-9(14)11-10(15)16-4-2/h13H,3-8H2,1-2H3,(H,11,14,15). The Morgan fingerprint density at radius 1 is 1.31 bits per heavy atom. The highest BCUT2D eigenvalue weighted by Gasteiger charge is 2.12. The number of alkyl carbamates (subject to hydrolysis) is 1. The van der Waals surface area contributed by atoms with E-state index in [0.29, 0.717) is 13.1 Å². The highest BCUT2D eigenvalue weighted by molar-refractivity contribution is 5.92. The predicted octanol–water partition coefficient (Wildman–Crippen LogP) is -0.0366. The van der Waals surface area contributed by atoms with Gasteiger partial charge >= 0.3 is 6.09 Å². The number of hydrogen-bond acceptors (Lipinski definition) is 5. The lowest BCUT2D eigenvalue weighted by molar-refractivity contribution is -0.121. The van der Waals surface area contributed by atoms with Crippen molar-refractivity contribution in [3.8, 4) is 0 Å². The van der Waals surface area contributed by atoms with Crippen LogP contribution >= 0.6 is 0 Å². The van der Waals surface area contributed by atoms with Crippen LogP contribution in [0.4, 0.5) is 4.79 Å². The van der Waals surface area contributed by atoms with Gasteiger partial charge in [0.05, 0.1) is 19.8 Å². The molecule has 0 atom stereocenters. The summed E-state index contributed by atoms with van der Waals surface area (Å²) in [5.74, 6) is -0.416. The second-order valence-electron chi connectivity index (χ2n) is 3.27. The van der Waals surface area contributed by atoms with Gasteiger partial charge in [-0.1, -0.05) is 6.92 Å². The van der Waals surface area contributed by atoms with E-state index in [0.717, 1.165) is 6.42 Å². The molecule has 16 heavy (non-hydrogen) atoms. The van der Waals surface area contributed by atoms with Crippen molar-refractivity contribution in [2.75, 3.05) is 32.8 Å². The molecular formula is C10H20N2O4. The van der Waals surface area contributed by atoms with E-state index in [4.69, 9.17) is 5.11 Å². The first kappa shape index (κ1) is 14.9. The van der Waals surface area contributed by atoms with E-state index >= 15 is 0 Å². The molecule has 0 aromatic heterocycles. The van der Waals surface area contributed by atoms with E-state index in [2.05, 4.69) is 10.1 Å². The van der Waals surface area contributed by atoms with Crippen LogP contribution in [0.3, 0.4) is 0 Å². The molecule has 0 aliphatic carbocycles. The Morgan fingerprint density at radius 2 is 2.00 bits per heavy atom. The molecule has 0 saturated heterocycles. The first-order chi connectivity index (χ1) is 7.63. The molecule has 0 radical (unpaired) electrons. The number of ether oxygens (including phenoxy) is 1. The lowest BCUT2D eigenvalue weighted by atomic mass is 10.4. The molecule has 6 heteroatoms. The number of nitrogens with one attached hydrogen (secondary N) is 1. The van der Waals surface area contributed by atoms with Gasteiger partial charge in [-0.05, 0) is 19.9 Å². The predicted molar refractivity (Wildman–Crippen MR) is 59.0 cm³/mol. The molecule has 0 aliphatic heterocycles. The topological polar surface area (TPSA) is 78.9 Å². The molecule has 6 nitrogen and oxygen atoms in total. The lowest BCUT2D eigenvalue weighted by Crippen LogP contribution is -2.41. The first-order valence-electron chi connectivity index (χ1n) is 5.43. The van der Waals surface area contributed by atoms with Crippen molar-refractivity contribution in [3.05, 3.63) is 0 Å². The van der Waals surface area contributed by atoms with Crippen LogP contribution in [0.2, 0.25) is 0 Å². The second-order valence-corrected chi connectivity index (χ2v) is 3.27. The highest BCUT2D eigenvalue weighted by atomic mass is 16.5. The molecular weight excluding hydrogens is 212 g/mol. The Labute approximate surface area is 95.6 Å². The van der Waals surface area contributed by atoms with E-state index in [1.807, 2.05) is 6.92 Å². The van der Waals surface area contributed by atoms with Gasteiger partial charge in [0.25, 0.3) is 0 Å². The van der Waals surface area contributed by atoms with Crippen molar-refractivity contribution in [3.63, 3.8) is 0 Å². The van der Waals surface area contributed by atoms with Gasteiger partial charge in [-0.25, -0.2) is 4.79 Å². The number of carbonyl (C=O) groups is 2. The minimum atomic E-state index is -0.729. The van der Waals surface area contributed by atoms with Crippen molar-refractivity contribution in [2.24, 2.45) is 0 Å². The average molecular weight is 232 g/mol. The van der Waals surface area contributed by atoms with Crippen molar-refractivity contribution in [1.29, 1.82) is 0 Å². The molecule has 2 amide bonds. The maximum Gasteiger partial charge on any atom is 0.413 e. The number of aliphatic hydroxyl groups excluding tert-OH is 1. The fourth-order valence-corrected chi connectivity index (χ4v) is 1.25. The minimum Gasteiger partial charge on any atom is -0.450 e. The summed E-state index contributed by atoms with van der Waals surface area (Å²) in [6, 6.07) is 0. The number of imide groups is 1. The van der Waals surface area contributed by atoms with Gasteiger partial charge in [0, 0.05) is 6.54 Å². The smallest absolute Gasteiger partial charge is 0.413 e. The summed E-state index contributed by atoms with van der Waals surface area (Å²) in [6.07, 6.45) is 0.153. The molecule has 0 aromatic rings. The average Bonchev–Trinajstić information content (AvgIpc) is 2.18. The number of rotatable bonds is 7. The summed E-state index contributed by atoms with van der Waals surface area (Å²) in [7, 11) is 0. The zero-order valence-corrected chi connectivity index (χ0v) is 9.86. The minimum absolute atomic E-state index is 0.00726. The highest BCUT2D eigenvalue weighted by Crippen LogP contribution is 1.90. The first-order valence-corrected chi connectivity index (χ1v) is 5.43. The molecule has 0 rings (SSSR count). The summed E-state index contributed by atoms with van der Waals surface area (Å²) in [4.78, 5) is 24.1. The van der Waals surface area contributed by atoms with Crippen molar-refractivity contribution >= 4 is 12.0 Å². The van der Waals surface area contributed by atoms with E-state index in [-0.39, 0.29) is 19.8 Å². The van der Waals surface area contributed by atoms with Crippen molar-refractivity contribution in [2.45, 2.75) is 20.3 Å². The third-order valence-electron chi connectivity index (χ3n) is 1.84. The zero-order valence-electron chi connectivity index (χ0n) is 9.86. The van der Waals surface area contributed by atoms with Gasteiger partial charge in [0.2, 0.25) is 5.91 Å². The van der Waals surface area contributed by atoms with E-state index in [9.17, 15) is 9.59 Å². The molecule has 0 fully saturated rings. The zero-order chi connectivity index (χ0) is 12.4. The maximum absolute atomic E-state index is 11.4. The number of nitrogens with zero attached hydrogens (tertiary/aromatic N) is 1. The molecule has 0 bridgehead atoms. The summed E-state index contributed by atoms with van der Waals surface area (Å²) >= 11 is 0. The van der Waals surface area contributed by atoms with Crippen LogP contribution in [0.5, 0.6) is 0 Å². The molecule has 0 aliphatic rings. The SMILES string of the molecule is CCCN(CCO)CC(=O)NC(=O)OCC. The van der Waals surface area contributed by atoms with E-state index < -0.39 is 12.0 Å². The lowest BCUT2D eigenvalue weighted by Gasteiger charge is -2.19. The fraction of sp³-hybridized carbons (Fsp3) is 0.800. The Kier molecular flexibility index (Phi) is 8.46. The normalized spacial score (nSPS) is 10.2.